The smallest absolute Gasteiger partial charge is 0.309 e. The Morgan fingerprint density at radius 2 is 1.47 bits per heavy atom. The summed E-state index contributed by atoms with van der Waals surface area (Å²) in [5.41, 5.74) is 0.233. The van der Waals surface area contributed by atoms with E-state index in [-0.39, 0.29) is 36.4 Å². The Morgan fingerprint density at radius 1 is 0.967 bits per heavy atom. The van der Waals surface area contributed by atoms with Crippen LogP contribution in [-0.4, -0.2) is 43.7 Å². The molecule has 2 aromatic carbocycles. The second-order valence-electron chi connectivity index (χ2n) is 7.08. The third kappa shape index (κ3) is 4.91. The zero-order valence-corrected chi connectivity index (χ0v) is 17.1. The molecule has 1 atom stereocenters. The Bertz CT molecular complexity index is 1010. The monoisotopic (exact) mass is 437 g/mol. The minimum atomic E-state index is -3.77. The van der Waals surface area contributed by atoms with E-state index in [2.05, 4.69) is 0 Å². The van der Waals surface area contributed by atoms with E-state index in [9.17, 15) is 26.8 Å². The van der Waals surface area contributed by atoms with E-state index in [4.69, 9.17) is 4.74 Å². The van der Waals surface area contributed by atoms with Crippen molar-refractivity contribution in [3.63, 3.8) is 0 Å². The van der Waals surface area contributed by atoms with E-state index in [1.54, 1.807) is 0 Å². The molecule has 30 heavy (non-hydrogen) atoms. The van der Waals surface area contributed by atoms with E-state index in [0.29, 0.717) is 0 Å². The molecule has 1 fully saturated rings. The third-order valence-electron chi connectivity index (χ3n) is 5.03. The van der Waals surface area contributed by atoms with Gasteiger partial charge in [-0.3, -0.25) is 9.59 Å². The average Bonchev–Trinajstić information content (AvgIpc) is 2.74. The first-order valence-electron chi connectivity index (χ1n) is 9.44. The standard InChI is InChI=1S/C21H21F2NO5S/c1-14(20(25)15-2-4-17(22)5-3-15)29-21(26)16-10-12-24(13-11-16)30(27,28)19-8-6-18(23)7-9-19/h2-9,14,16H,10-13H2,1H3/t14-/m0/s1. The van der Waals surface area contributed by atoms with Crippen LogP contribution in [0.1, 0.15) is 30.1 Å². The van der Waals surface area contributed by atoms with Crippen molar-refractivity contribution in [2.45, 2.75) is 30.8 Å². The van der Waals surface area contributed by atoms with Gasteiger partial charge >= 0.3 is 5.97 Å². The maximum absolute atomic E-state index is 13.0. The topological polar surface area (TPSA) is 80.8 Å². The fourth-order valence-electron chi connectivity index (χ4n) is 3.26. The lowest BCUT2D eigenvalue weighted by molar-refractivity contribution is -0.152. The van der Waals surface area contributed by atoms with Crippen LogP contribution in [0.3, 0.4) is 0 Å². The summed E-state index contributed by atoms with van der Waals surface area (Å²) in [5, 5.41) is 0. The molecule has 9 heteroatoms. The van der Waals surface area contributed by atoms with Crippen LogP contribution in [0.2, 0.25) is 0 Å². The average molecular weight is 437 g/mol. The maximum Gasteiger partial charge on any atom is 0.309 e. The Labute approximate surface area is 173 Å². The van der Waals surface area contributed by atoms with Gasteiger partial charge < -0.3 is 4.74 Å². The van der Waals surface area contributed by atoms with Crippen molar-refractivity contribution in [2.75, 3.05) is 13.1 Å². The number of Topliss-reactive ketones (excluding diaryl/α,β-unsaturated/α-hetero) is 1. The maximum atomic E-state index is 13.0. The molecule has 3 rings (SSSR count). The summed E-state index contributed by atoms with van der Waals surface area (Å²) in [6.07, 6.45) is -0.545. The number of hydrogen-bond acceptors (Lipinski definition) is 5. The van der Waals surface area contributed by atoms with Gasteiger partial charge in [0.1, 0.15) is 11.6 Å². The number of halogens is 2. The lowest BCUT2D eigenvalue weighted by Crippen LogP contribution is -2.41. The number of sulfonamides is 1. The van der Waals surface area contributed by atoms with Crippen molar-refractivity contribution in [2.24, 2.45) is 5.92 Å². The number of benzene rings is 2. The summed E-state index contributed by atoms with van der Waals surface area (Å²) in [7, 11) is -3.77. The molecule has 0 unspecified atom stereocenters. The number of carbonyl (C=O) groups is 2. The predicted octanol–water partition coefficient (Wildman–Crippen LogP) is 3.18. The van der Waals surface area contributed by atoms with Crippen LogP contribution in [0.5, 0.6) is 0 Å². The molecule has 1 aliphatic rings. The van der Waals surface area contributed by atoms with Gasteiger partial charge in [0.2, 0.25) is 15.8 Å². The van der Waals surface area contributed by atoms with Gasteiger partial charge in [-0.15, -0.1) is 0 Å². The molecule has 1 saturated heterocycles. The van der Waals surface area contributed by atoms with E-state index in [0.717, 1.165) is 24.3 Å². The fourth-order valence-corrected chi connectivity index (χ4v) is 4.73. The summed E-state index contributed by atoms with van der Waals surface area (Å²) in [6.45, 7) is 1.66. The van der Waals surface area contributed by atoms with E-state index in [1.165, 1.54) is 35.5 Å². The van der Waals surface area contributed by atoms with Crippen LogP contribution in [-0.2, 0) is 19.6 Å². The zero-order chi connectivity index (χ0) is 21.9. The number of ether oxygens (including phenoxy) is 1. The summed E-state index contributed by atoms with van der Waals surface area (Å²) in [4.78, 5) is 24.7. The Hall–Kier alpha value is -2.65. The van der Waals surface area contributed by atoms with Crippen molar-refractivity contribution < 1.29 is 31.5 Å². The van der Waals surface area contributed by atoms with E-state index < -0.39 is 45.4 Å². The van der Waals surface area contributed by atoms with E-state index in [1.807, 2.05) is 0 Å². The van der Waals surface area contributed by atoms with Crippen molar-refractivity contribution in [1.82, 2.24) is 4.31 Å². The van der Waals surface area contributed by atoms with Gasteiger partial charge in [0.05, 0.1) is 10.8 Å². The highest BCUT2D eigenvalue weighted by Crippen LogP contribution is 2.25. The minimum Gasteiger partial charge on any atom is -0.454 e. The van der Waals surface area contributed by atoms with Gasteiger partial charge in [-0.1, -0.05) is 0 Å². The quantitative estimate of drug-likeness (QED) is 0.512. The summed E-state index contributed by atoms with van der Waals surface area (Å²) >= 11 is 0. The molecule has 0 spiro atoms. The van der Waals surface area contributed by atoms with Gasteiger partial charge in [-0.25, -0.2) is 17.2 Å². The number of ketones is 1. The number of carbonyl (C=O) groups excluding carboxylic acids is 2. The lowest BCUT2D eigenvalue weighted by Gasteiger charge is -2.30. The molecular formula is C21H21F2NO5S. The highest BCUT2D eigenvalue weighted by atomic mass is 32.2. The normalized spacial score (nSPS) is 16.8. The molecule has 0 amide bonds. The summed E-state index contributed by atoms with van der Waals surface area (Å²) < 4.78 is 57.8. The molecule has 0 radical (unpaired) electrons. The van der Waals surface area contributed by atoms with Crippen LogP contribution in [0.4, 0.5) is 8.78 Å². The second-order valence-corrected chi connectivity index (χ2v) is 9.02. The lowest BCUT2D eigenvalue weighted by atomic mass is 9.98. The molecule has 1 heterocycles. The van der Waals surface area contributed by atoms with Crippen LogP contribution < -0.4 is 0 Å². The van der Waals surface area contributed by atoms with Crippen molar-refractivity contribution in [3.05, 3.63) is 65.7 Å². The van der Waals surface area contributed by atoms with Crippen LogP contribution >= 0.6 is 0 Å². The second kappa shape index (κ2) is 9.01. The minimum absolute atomic E-state index is 0.0107. The fraction of sp³-hybridized carbons (Fsp3) is 0.333. The molecule has 0 saturated carbocycles. The molecule has 0 aliphatic carbocycles. The van der Waals surface area contributed by atoms with Crippen molar-refractivity contribution in [3.8, 4) is 0 Å². The zero-order valence-electron chi connectivity index (χ0n) is 16.3. The van der Waals surface area contributed by atoms with Crippen molar-refractivity contribution >= 4 is 21.8 Å². The molecular weight excluding hydrogens is 416 g/mol. The first kappa shape index (κ1) is 22.0. The summed E-state index contributed by atoms with van der Waals surface area (Å²) in [5.74, 6) is -2.55. The van der Waals surface area contributed by atoms with E-state index >= 15 is 0 Å². The molecule has 6 nitrogen and oxygen atoms in total. The van der Waals surface area contributed by atoms with Crippen LogP contribution in [0, 0.1) is 17.6 Å². The largest absolute Gasteiger partial charge is 0.454 e. The Kier molecular flexibility index (Phi) is 6.62. The predicted molar refractivity (Wildman–Crippen MR) is 104 cm³/mol. The highest BCUT2D eigenvalue weighted by Gasteiger charge is 2.34. The van der Waals surface area contributed by atoms with Gasteiger partial charge in [0, 0.05) is 18.7 Å². The molecule has 2 aromatic rings. The third-order valence-corrected chi connectivity index (χ3v) is 6.94. The van der Waals surface area contributed by atoms with Gasteiger partial charge in [-0.2, -0.15) is 4.31 Å². The van der Waals surface area contributed by atoms with Crippen LogP contribution in [0.25, 0.3) is 0 Å². The molecule has 0 aromatic heterocycles. The van der Waals surface area contributed by atoms with Crippen molar-refractivity contribution in [1.29, 1.82) is 0 Å². The van der Waals surface area contributed by atoms with Gasteiger partial charge in [0.15, 0.2) is 6.10 Å². The number of esters is 1. The number of piperidine rings is 1. The Morgan fingerprint density at radius 3 is 2.00 bits per heavy atom. The number of nitrogens with zero attached hydrogens (tertiary/aromatic N) is 1. The van der Waals surface area contributed by atoms with Gasteiger partial charge in [0.25, 0.3) is 0 Å². The first-order chi connectivity index (χ1) is 14.2. The molecule has 0 N–H and O–H groups in total. The molecule has 160 valence electrons. The Balaban J connectivity index is 1.56. The SMILES string of the molecule is C[C@H](OC(=O)C1CCN(S(=O)(=O)c2ccc(F)cc2)CC1)C(=O)c1ccc(F)cc1. The van der Waals surface area contributed by atoms with Gasteiger partial charge in [-0.05, 0) is 68.3 Å². The first-order valence-corrected chi connectivity index (χ1v) is 10.9. The molecule has 0 bridgehead atoms. The number of rotatable bonds is 6. The number of hydrogen-bond donors (Lipinski definition) is 0. The van der Waals surface area contributed by atoms with Crippen LogP contribution in [0.15, 0.2) is 53.4 Å². The summed E-state index contributed by atoms with van der Waals surface area (Å²) in [6, 6.07) is 9.51. The molecule has 1 aliphatic heterocycles. The highest BCUT2D eigenvalue weighted by molar-refractivity contribution is 7.89.